The molecular weight excluding hydrogens is 501 g/mol. The Kier molecular flexibility index (Phi) is 10.6. The average Bonchev–Trinajstić information content (AvgIpc) is 2.92. The molecule has 2 saturated heterocycles. The van der Waals surface area contributed by atoms with E-state index in [0.29, 0.717) is 18.9 Å². The third-order valence-corrected chi connectivity index (χ3v) is 6.79. The molecule has 2 heterocycles. The van der Waals surface area contributed by atoms with Crippen molar-refractivity contribution in [3.63, 3.8) is 0 Å². The molecule has 1 amide bonds. The number of hydrogen-bond donors (Lipinski definition) is 0. The molecule has 9 heteroatoms. The van der Waals surface area contributed by atoms with Crippen LogP contribution in [0.25, 0.3) is 0 Å². The highest BCUT2D eigenvalue weighted by molar-refractivity contribution is 5.68. The lowest BCUT2D eigenvalue weighted by Crippen LogP contribution is -2.49. The van der Waals surface area contributed by atoms with E-state index in [0.717, 1.165) is 56.9 Å². The number of carbonyl (C=O) groups excluding carboxylic acids is 1. The van der Waals surface area contributed by atoms with Gasteiger partial charge in [-0.3, -0.25) is 0 Å². The molecule has 0 saturated carbocycles. The molecular formula is C30H40FN3O5. The molecule has 0 N–H and O–H groups in total. The zero-order valence-corrected chi connectivity index (χ0v) is 23.7. The normalized spacial score (nSPS) is 16.5. The lowest BCUT2D eigenvalue weighted by Gasteiger charge is -2.43. The third kappa shape index (κ3) is 8.84. The second-order valence-corrected chi connectivity index (χ2v) is 10.9. The molecule has 2 aliphatic rings. The van der Waals surface area contributed by atoms with E-state index in [1.54, 1.807) is 23.1 Å². The fraction of sp³-hybridized carbons (Fsp3) is 0.533. The maximum absolute atomic E-state index is 13.7. The number of anilines is 1. The van der Waals surface area contributed by atoms with E-state index in [4.69, 9.17) is 24.2 Å². The van der Waals surface area contributed by atoms with Crippen LogP contribution in [0.1, 0.15) is 51.7 Å². The second-order valence-electron chi connectivity index (χ2n) is 10.9. The number of hydrogen-bond acceptors (Lipinski definition) is 7. The summed E-state index contributed by atoms with van der Waals surface area (Å²) in [4.78, 5) is 15.8. The predicted molar refractivity (Wildman–Crippen MR) is 147 cm³/mol. The summed E-state index contributed by atoms with van der Waals surface area (Å²) in [6.45, 7) is 12.4. The monoisotopic (exact) mass is 541 g/mol. The number of methoxy groups -OCH3 is 1. The van der Waals surface area contributed by atoms with Crippen molar-refractivity contribution in [3.8, 4) is 11.8 Å². The van der Waals surface area contributed by atoms with Crippen LogP contribution in [0.15, 0.2) is 42.5 Å². The van der Waals surface area contributed by atoms with Crippen molar-refractivity contribution in [3.05, 3.63) is 59.4 Å². The van der Waals surface area contributed by atoms with Crippen LogP contribution in [0.5, 0.6) is 5.75 Å². The average molecular weight is 542 g/mol. The van der Waals surface area contributed by atoms with Gasteiger partial charge in [0.25, 0.3) is 0 Å². The summed E-state index contributed by atoms with van der Waals surface area (Å²) in [5, 5.41) is 8.82. The first-order valence-corrected chi connectivity index (χ1v) is 13.3. The first-order valence-electron chi connectivity index (χ1n) is 13.3. The van der Waals surface area contributed by atoms with E-state index >= 15 is 0 Å². The van der Waals surface area contributed by atoms with E-state index in [-0.39, 0.29) is 23.1 Å². The van der Waals surface area contributed by atoms with Gasteiger partial charge in [0.1, 0.15) is 12.4 Å². The number of ether oxygens (including phenoxy) is 4. The molecule has 2 aromatic carbocycles. The van der Waals surface area contributed by atoms with Gasteiger partial charge in [0, 0.05) is 37.3 Å². The van der Waals surface area contributed by atoms with E-state index in [1.807, 2.05) is 45.9 Å². The summed E-state index contributed by atoms with van der Waals surface area (Å²) in [7, 11) is 1.45. The van der Waals surface area contributed by atoms with E-state index in [9.17, 15) is 9.18 Å². The van der Waals surface area contributed by atoms with Crippen LogP contribution in [0.4, 0.5) is 14.9 Å². The first-order chi connectivity index (χ1) is 18.6. The number of nitriles is 1. The smallest absolute Gasteiger partial charge is 0.410 e. The highest BCUT2D eigenvalue weighted by Crippen LogP contribution is 2.34. The van der Waals surface area contributed by atoms with E-state index in [1.165, 1.54) is 13.2 Å². The van der Waals surface area contributed by atoms with Crippen molar-refractivity contribution in [1.29, 1.82) is 5.26 Å². The Morgan fingerprint density at radius 1 is 1.13 bits per heavy atom. The van der Waals surface area contributed by atoms with Crippen LogP contribution in [0.3, 0.4) is 0 Å². The number of nitrogens with zero attached hydrogens (tertiary/aromatic N) is 3. The number of carbonyl (C=O) groups is 1. The molecule has 0 radical (unpaired) electrons. The van der Waals surface area contributed by atoms with E-state index < -0.39 is 5.60 Å². The minimum Gasteiger partial charge on any atom is -0.494 e. The van der Waals surface area contributed by atoms with Crippen molar-refractivity contribution < 1.29 is 28.1 Å². The maximum Gasteiger partial charge on any atom is 0.410 e. The van der Waals surface area contributed by atoms with Crippen LogP contribution in [0.2, 0.25) is 0 Å². The van der Waals surface area contributed by atoms with Gasteiger partial charge in [-0.2, -0.15) is 5.26 Å². The van der Waals surface area contributed by atoms with Crippen molar-refractivity contribution in [1.82, 2.24) is 4.90 Å². The van der Waals surface area contributed by atoms with E-state index in [2.05, 4.69) is 11.0 Å². The van der Waals surface area contributed by atoms with Crippen LogP contribution < -0.4 is 9.64 Å². The fourth-order valence-corrected chi connectivity index (χ4v) is 4.56. The largest absolute Gasteiger partial charge is 0.494 e. The number of piperidine rings is 1. The second kappa shape index (κ2) is 13.6. The number of benzene rings is 2. The molecule has 0 bridgehead atoms. The molecule has 1 spiro atoms. The Morgan fingerprint density at radius 3 is 2.28 bits per heavy atom. The lowest BCUT2D eigenvalue weighted by molar-refractivity contribution is -0.176. The Balaban J connectivity index is 0.000000218. The van der Waals surface area contributed by atoms with Crippen LogP contribution >= 0.6 is 0 Å². The zero-order chi connectivity index (χ0) is 28.5. The molecule has 2 aliphatic heterocycles. The van der Waals surface area contributed by atoms with Gasteiger partial charge in [-0.25, -0.2) is 9.18 Å². The van der Waals surface area contributed by atoms with Gasteiger partial charge in [0.05, 0.1) is 32.0 Å². The zero-order valence-electron chi connectivity index (χ0n) is 23.7. The molecule has 4 rings (SSSR count). The Hall–Kier alpha value is -3.35. The number of amides is 1. The van der Waals surface area contributed by atoms with Crippen molar-refractivity contribution in [2.75, 3.05) is 51.7 Å². The van der Waals surface area contributed by atoms with Gasteiger partial charge >= 0.3 is 6.09 Å². The van der Waals surface area contributed by atoms with Gasteiger partial charge in [-0.05, 0) is 82.5 Å². The summed E-state index contributed by atoms with van der Waals surface area (Å²) >= 11 is 0. The Labute approximate surface area is 231 Å². The molecule has 39 heavy (non-hydrogen) atoms. The van der Waals surface area contributed by atoms with Crippen molar-refractivity contribution in [2.24, 2.45) is 5.41 Å². The molecule has 2 aromatic rings. The van der Waals surface area contributed by atoms with Gasteiger partial charge in [0.2, 0.25) is 0 Å². The first kappa shape index (κ1) is 30.2. The van der Waals surface area contributed by atoms with Crippen LogP contribution in [-0.2, 0) is 20.8 Å². The fourth-order valence-electron chi connectivity index (χ4n) is 4.56. The van der Waals surface area contributed by atoms with Crippen LogP contribution in [-0.4, -0.2) is 63.3 Å². The standard InChI is InChI=1S/C17H17FN2O.C13H23NO4/c1-3-20(15-7-4-13(11-19)5-8-15)12-14-6-9-17(21-2)16(18)10-14;1-12(2,3)18-11(15)14-6-4-13(5-7-14)8-16-10-17-9-13/h4-10H,3,12H2,1-2H3;4-10H2,1-3H3. The molecule has 212 valence electrons. The van der Waals surface area contributed by atoms with Crippen molar-refractivity contribution in [2.45, 2.75) is 52.7 Å². The predicted octanol–water partition coefficient (Wildman–Crippen LogP) is 5.74. The summed E-state index contributed by atoms with van der Waals surface area (Å²) in [6, 6.07) is 14.5. The molecule has 0 atom stereocenters. The Morgan fingerprint density at radius 2 is 1.77 bits per heavy atom. The van der Waals surface area contributed by atoms with Gasteiger partial charge in [0.15, 0.2) is 11.6 Å². The summed E-state index contributed by atoms with van der Waals surface area (Å²) in [6.07, 6.45) is 1.63. The highest BCUT2D eigenvalue weighted by atomic mass is 19.1. The van der Waals surface area contributed by atoms with Gasteiger partial charge in [-0.1, -0.05) is 6.07 Å². The summed E-state index contributed by atoms with van der Waals surface area (Å²) in [5.41, 5.74) is 2.19. The Bertz CT molecular complexity index is 1110. The molecule has 0 unspecified atom stereocenters. The minimum absolute atomic E-state index is 0.108. The molecule has 0 aliphatic carbocycles. The highest BCUT2D eigenvalue weighted by Gasteiger charge is 2.39. The number of likely N-dealkylation sites (tertiary alicyclic amines) is 1. The quantitative estimate of drug-likeness (QED) is 0.477. The van der Waals surface area contributed by atoms with Gasteiger partial charge in [-0.15, -0.1) is 0 Å². The third-order valence-electron chi connectivity index (χ3n) is 6.79. The lowest BCUT2D eigenvalue weighted by atomic mass is 9.79. The maximum atomic E-state index is 13.7. The number of halogens is 1. The summed E-state index contributed by atoms with van der Waals surface area (Å²) in [5.74, 6) is -0.106. The topological polar surface area (TPSA) is 84.3 Å². The molecule has 8 nitrogen and oxygen atoms in total. The van der Waals surface area contributed by atoms with Crippen LogP contribution in [0, 0.1) is 22.6 Å². The minimum atomic E-state index is -0.427. The van der Waals surface area contributed by atoms with Gasteiger partial charge < -0.3 is 28.7 Å². The molecule has 2 fully saturated rings. The van der Waals surface area contributed by atoms with Crippen molar-refractivity contribution >= 4 is 11.8 Å². The summed E-state index contributed by atoms with van der Waals surface area (Å²) < 4.78 is 34.8. The SMILES string of the molecule is CC(C)(C)OC(=O)N1CCC2(CC1)COCOC2.CCN(Cc1ccc(OC)c(F)c1)c1ccc(C#N)cc1. The number of rotatable bonds is 5. The molecule has 0 aromatic heterocycles.